The molecule has 0 aromatic rings. The predicted octanol–water partition coefficient (Wildman–Crippen LogP) is 3.41. The molecular formula is C13H29NO2S. The minimum absolute atomic E-state index is 0.191. The van der Waals surface area contributed by atoms with E-state index in [1.165, 1.54) is 31.9 Å². The molecule has 0 aromatic heterocycles. The molecule has 0 fully saturated rings. The number of sulfonamides is 1. The van der Waals surface area contributed by atoms with Gasteiger partial charge >= 0.3 is 0 Å². The van der Waals surface area contributed by atoms with Crippen LogP contribution in [0.1, 0.15) is 65.7 Å². The van der Waals surface area contributed by atoms with Crippen molar-refractivity contribution in [1.82, 2.24) is 4.31 Å². The minimum Gasteiger partial charge on any atom is -0.212 e. The Hall–Kier alpha value is -0.0900. The molecule has 0 aliphatic heterocycles. The van der Waals surface area contributed by atoms with Gasteiger partial charge in [0, 0.05) is 12.6 Å². The highest BCUT2D eigenvalue weighted by Gasteiger charge is 2.22. The Kier molecular flexibility index (Phi) is 8.88. The average molecular weight is 263 g/mol. The first-order valence-corrected chi connectivity index (χ1v) is 8.78. The van der Waals surface area contributed by atoms with Crippen molar-refractivity contribution in [3.8, 4) is 0 Å². The molecule has 0 radical (unpaired) electrons. The first-order valence-electron chi connectivity index (χ1n) is 6.94. The SMILES string of the molecule is CCCCCCCC(CC)N(CC)S(C)(=O)=O. The van der Waals surface area contributed by atoms with Crippen molar-refractivity contribution in [2.75, 3.05) is 12.8 Å². The van der Waals surface area contributed by atoms with Gasteiger partial charge in [-0.3, -0.25) is 0 Å². The molecule has 0 saturated heterocycles. The van der Waals surface area contributed by atoms with Crippen molar-refractivity contribution >= 4 is 10.0 Å². The molecule has 17 heavy (non-hydrogen) atoms. The molecule has 0 aliphatic rings. The smallest absolute Gasteiger partial charge is 0.211 e. The third-order valence-electron chi connectivity index (χ3n) is 3.26. The van der Waals surface area contributed by atoms with E-state index in [1.807, 2.05) is 6.92 Å². The molecule has 0 heterocycles. The number of hydrogen-bond acceptors (Lipinski definition) is 2. The standard InChI is InChI=1S/C13H29NO2S/c1-5-8-9-10-11-12-13(6-2)14(7-3)17(4,15)16/h13H,5-12H2,1-4H3. The molecule has 4 heteroatoms. The summed E-state index contributed by atoms with van der Waals surface area (Å²) in [6.45, 7) is 6.79. The van der Waals surface area contributed by atoms with Gasteiger partial charge in [0.2, 0.25) is 10.0 Å². The Morgan fingerprint density at radius 1 is 1.00 bits per heavy atom. The first-order chi connectivity index (χ1) is 7.97. The summed E-state index contributed by atoms with van der Waals surface area (Å²) < 4.78 is 24.9. The Balaban J connectivity index is 4.13. The van der Waals surface area contributed by atoms with Crippen LogP contribution < -0.4 is 0 Å². The second-order valence-electron chi connectivity index (χ2n) is 4.73. The molecule has 0 aromatic carbocycles. The lowest BCUT2D eigenvalue weighted by Crippen LogP contribution is -2.39. The topological polar surface area (TPSA) is 37.4 Å². The van der Waals surface area contributed by atoms with Gasteiger partial charge in [0.05, 0.1) is 6.26 Å². The van der Waals surface area contributed by atoms with Crippen molar-refractivity contribution in [2.24, 2.45) is 0 Å². The first kappa shape index (κ1) is 16.9. The fraction of sp³-hybridized carbons (Fsp3) is 1.00. The highest BCUT2D eigenvalue weighted by atomic mass is 32.2. The second kappa shape index (κ2) is 8.92. The normalized spacial score (nSPS) is 14.2. The monoisotopic (exact) mass is 263 g/mol. The zero-order chi connectivity index (χ0) is 13.3. The van der Waals surface area contributed by atoms with Crippen LogP contribution in [0.15, 0.2) is 0 Å². The Bertz CT molecular complexity index is 275. The molecule has 0 saturated carbocycles. The van der Waals surface area contributed by atoms with E-state index in [4.69, 9.17) is 0 Å². The van der Waals surface area contributed by atoms with Crippen LogP contribution in [0.5, 0.6) is 0 Å². The number of nitrogens with zero attached hydrogens (tertiary/aromatic N) is 1. The summed E-state index contributed by atoms with van der Waals surface area (Å²) in [4.78, 5) is 0. The van der Waals surface area contributed by atoms with E-state index < -0.39 is 10.0 Å². The van der Waals surface area contributed by atoms with Crippen LogP contribution in [-0.2, 0) is 10.0 Å². The van der Waals surface area contributed by atoms with Crippen molar-refractivity contribution in [3.05, 3.63) is 0 Å². The number of hydrogen-bond donors (Lipinski definition) is 0. The van der Waals surface area contributed by atoms with Crippen LogP contribution in [0.3, 0.4) is 0 Å². The maximum absolute atomic E-state index is 11.6. The fourth-order valence-corrected chi connectivity index (χ4v) is 3.56. The minimum atomic E-state index is -3.04. The van der Waals surface area contributed by atoms with Crippen LogP contribution in [0.2, 0.25) is 0 Å². The lowest BCUT2D eigenvalue weighted by atomic mass is 10.0. The highest BCUT2D eigenvalue weighted by Crippen LogP contribution is 2.16. The lowest BCUT2D eigenvalue weighted by Gasteiger charge is -2.27. The zero-order valence-corrected chi connectivity index (χ0v) is 12.7. The molecule has 0 bridgehead atoms. The molecule has 0 spiro atoms. The van der Waals surface area contributed by atoms with Crippen LogP contribution in [0, 0.1) is 0 Å². The summed E-state index contributed by atoms with van der Waals surface area (Å²) in [7, 11) is -3.04. The quantitative estimate of drug-likeness (QED) is 0.566. The van der Waals surface area contributed by atoms with Gasteiger partial charge in [-0.1, -0.05) is 52.9 Å². The Labute approximate surface area is 108 Å². The molecule has 3 nitrogen and oxygen atoms in total. The number of rotatable bonds is 10. The molecule has 0 rings (SSSR count). The summed E-state index contributed by atoms with van der Waals surface area (Å²) in [6.07, 6.45) is 9.42. The number of unbranched alkanes of at least 4 members (excludes halogenated alkanes) is 4. The van der Waals surface area contributed by atoms with Gasteiger partial charge in [-0.15, -0.1) is 0 Å². The summed E-state index contributed by atoms with van der Waals surface area (Å²) in [5.74, 6) is 0. The van der Waals surface area contributed by atoms with Crippen molar-refractivity contribution in [3.63, 3.8) is 0 Å². The molecule has 104 valence electrons. The zero-order valence-electron chi connectivity index (χ0n) is 11.9. The Morgan fingerprint density at radius 3 is 2.00 bits per heavy atom. The fourth-order valence-electron chi connectivity index (χ4n) is 2.30. The van der Waals surface area contributed by atoms with Crippen LogP contribution in [-0.4, -0.2) is 31.6 Å². The third kappa shape index (κ3) is 7.04. The van der Waals surface area contributed by atoms with Crippen molar-refractivity contribution in [1.29, 1.82) is 0 Å². The van der Waals surface area contributed by atoms with Crippen LogP contribution >= 0.6 is 0 Å². The predicted molar refractivity (Wildman–Crippen MR) is 74.7 cm³/mol. The van der Waals surface area contributed by atoms with Crippen molar-refractivity contribution < 1.29 is 8.42 Å². The third-order valence-corrected chi connectivity index (χ3v) is 4.67. The van der Waals surface area contributed by atoms with Crippen LogP contribution in [0.25, 0.3) is 0 Å². The van der Waals surface area contributed by atoms with Gasteiger partial charge in [-0.25, -0.2) is 8.42 Å². The van der Waals surface area contributed by atoms with E-state index in [-0.39, 0.29) is 6.04 Å². The maximum atomic E-state index is 11.6. The summed E-state index contributed by atoms with van der Waals surface area (Å²) in [5, 5.41) is 0. The van der Waals surface area contributed by atoms with E-state index >= 15 is 0 Å². The summed E-state index contributed by atoms with van der Waals surface area (Å²) >= 11 is 0. The average Bonchev–Trinajstić information content (AvgIpc) is 2.25. The van der Waals surface area contributed by atoms with Gasteiger partial charge < -0.3 is 0 Å². The van der Waals surface area contributed by atoms with Gasteiger partial charge in [-0.2, -0.15) is 4.31 Å². The second-order valence-corrected chi connectivity index (χ2v) is 6.67. The maximum Gasteiger partial charge on any atom is 0.211 e. The van der Waals surface area contributed by atoms with E-state index in [1.54, 1.807) is 4.31 Å². The van der Waals surface area contributed by atoms with E-state index in [0.29, 0.717) is 6.54 Å². The molecular weight excluding hydrogens is 234 g/mol. The van der Waals surface area contributed by atoms with Gasteiger partial charge in [0.25, 0.3) is 0 Å². The highest BCUT2D eigenvalue weighted by molar-refractivity contribution is 7.88. The molecule has 0 amide bonds. The largest absolute Gasteiger partial charge is 0.212 e. The summed E-state index contributed by atoms with van der Waals surface area (Å²) in [6, 6.07) is 0.191. The Morgan fingerprint density at radius 2 is 1.59 bits per heavy atom. The van der Waals surface area contributed by atoms with Crippen molar-refractivity contribution in [2.45, 2.75) is 71.8 Å². The van der Waals surface area contributed by atoms with Gasteiger partial charge in [0.1, 0.15) is 0 Å². The van der Waals surface area contributed by atoms with Crippen LogP contribution in [0.4, 0.5) is 0 Å². The molecule has 1 unspecified atom stereocenters. The van der Waals surface area contributed by atoms with E-state index in [2.05, 4.69) is 13.8 Å². The van der Waals surface area contributed by atoms with E-state index in [0.717, 1.165) is 19.3 Å². The molecule has 1 atom stereocenters. The lowest BCUT2D eigenvalue weighted by molar-refractivity contribution is 0.301. The van der Waals surface area contributed by atoms with E-state index in [9.17, 15) is 8.42 Å². The molecule has 0 N–H and O–H groups in total. The van der Waals surface area contributed by atoms with Gasteiger partial charge in [0.15, 0.2) is 0 Å². The van der Waals surface area contributed by atoms with Gasteiger partial charge in [-0.05, 0) is 12.8 Å². The summed E-state index contributed by atoms with van der Waals surface area (Å²) in [5.41, 5.74) is 0. The molecule has 0 aliphatic carbocycles.